The van der Waals surface area contributed by atoms with E-state index in [4.69, 9.17) is 4.98 Å². The van der Waals surface area contributed by atoms with Crippen LogP contribution in [-0.4, -0.2) is 31.1 Å². The molecule has 3 aromatic heterocycles. The minimum absolute atomic E-state index is 0.247. The van der Waals surface area contributed by atoms with Gasteiger partial charge in [-0.15, -0.1) is 0 Å². The van der Waals surface area contributed by atoms with Crippen LogP contribution in [0.15, 0.2) is 48.9 Å². The van der Waals surface area contributed by atoms with Crippen LogP contribution in [0, 0.1) is 5.82 Å². The van der Waals surface area contributed by atoms with Gasteiger partial charge in [-0.2, -0.15) is 5.10 Å². The number of amides is 1. The largest absolute Gasteiger partial charge is 0.347 e. The van der Waals surface area contributed by atoms with Crippen molar-refractivity contribution in [3.63, 3.8) is 0 Å². The van der Waals surface area contributed by atoms with Crippen molar-refractivity contribution in [3.8, 4) is 11.3 Å². The Morgan fingerprint density at radius 2 is 2.00 bits per heavy atom. The van der Waals surface area contributed by atoms with Gasteiger partial charge in [-0.05, 0) is 67.1 Å². The van der Waals surface area contributed by atoms with Gasteiger partial charge >= 0.3 is 0 Å². The summed E-state index contributed by atoms with van der Waals surface area (Å²) in [5.74, 6) is -0.170. The van der Waals surface area contributed by atoms with Gasteiger partial charge in [0.25, 0.3) is 5.91 Å². The molecule has 7 nitrogen and oxygen atoms in total. The molecule has 1 aliphatic rings. The van der Waals surface area contributed by atoms with Crippen LogP contribution in [0.25, 0.3) is 33.1 Å². The lowest BCUT2D eigenvalue weighted by Crippen LogP contribution is -2.23. The Bertz CT molecular complexity index is 1500. The number of aromatic amines is 2. The van der Waals surface area contributed by atoms with E-state index >= 15 is 4.39 Å². The van der Waals surface area contributed by atoms with Crippen molar-refractivity contribution in [2.24, 2.45) is 0 Å². The van der Waals surface area contributed by atoms with Crippen LogP contribution in [0.4, 0.5) is 4.39 Å². The topological polar surface area (TPSA) is 99.4 Å². The van der Waals surface area contributed by atoms with Crippen LogP contribution in [0.5, 0.6) is 0 Å². The number of carbonyl (C=O) groups is 1. The molecular formula is C25H21FN6O. The van der Waals surface area contributed by atoms with Gasteiger partial charge in [0.2, 0.25) is 0 Å². The zero-order chi connectivity index (χ0) is 22.4. The van der Waals surface area contributed by atoms with Crippen molar-refractivity contribution < 1.29 is 9.18 Å². The molecule has 0 saturated heterocycles. The van der Waals surface area contributed by atoms with Crippen LogP contribution in [0.2, 0.25) is 0 Å². The first kappa shape index (κ1) is 19.6. The lowest BCUT2D eigenvalue weighted by molar-refractivity contribution is 0.0949. The molecule has 33 heavy (non-hydrogen) atoms. The summed E-state index contributed by atoms with van der Waals surface area (Å²) in [6, 6.07) is 8.52. The van der Waals surface area contributed by atoms with E-state index in [1.807, 2.05) is 18.3 Å². The number of halogens is 1. The van der Waals surface area contributed by atoms with Gasteiger partial charge < -0.3 is 10.3 Å². The van der Waals surface area contributed by atoms with Crippen molar-refractivity contribution in [3.05, 3.63) is 77.3 Å². The normalized spacial score (nSPS) is 13.4. The first-order chi connectivity index (χ1) is 16.2. The number of imidazole rings is 1. The lowest BCUT2D eigenvalue weighted by Gasteiger charge is -2.22. The predicted octanol–water partition coefficient (Wildman–Crippen LogP) is 4.45. The van der Waals surface area contributed by atoms with E-state index in [1.165, 1.54) is 11.6 Å². The number of carbonyl (C=O) groups excluding carboxylic acids is 1. The molecule has 3 N–H and O–H groups in total. The van der Waals surface area contributed by atoms with Crippen molar-refractivity contribution in [1.29, 1.82) is 0 Å². The molecule has 0 saturated carbocycles. The van der Waals surface area contributed by atoms with E-state index < -0.39 is 5.82 Å². The highest BCUT2D eigenvalue weighted by molar-refractivity contribution is 6.07. The molecule has 0 atom stereocenters. The third-order valence-electron chi connectivity index (χ3n) is 6.35. The minimum Gasteiger partial charge on any atom is -0.347 e. The van der Waals surface area contributed by atoms with E-state index in [2.05, 4.69) is 25.5 Å². The number of aromatic nitrogens is 5. The van der Waals surface area contributed by atoms with Crippen molar-refractivity contribution in [1.82, 2.24) is 30.5 Å². The molecule has 3 heterocycles. The van der Waals surface area contributed by atoms with Crippen LogP contribution in [0.1, 0.15) is 40.2 Å². The van der Waals surface area contributed by atoms with Gasteiger partial charge in [0.1, 0.15) is 11.6 Å². The number of benzene rings is 2. The van der Waals surface area contributed by atoms with Crippen LogP contribution >= 0.6 is 0 Å². The number of aryl methyl sites for hydroxylation is 1. The zero-order valence-electron chi connectivity index (χ0n) is 17.8. The summed E-state index contributed by atoms with van der Waals surface area (Å²) in [5, 5.41) is 12.1. The van der Waals surface area contributed by atoms with Crippen molar-refractivity contribution >= 4 is 27.7 Å². The van der Waals surface area contributed by atoms with E-state index in [-0.39, 0.29) is 18.0 Å². The second-order valence-electron chi connectivity index (χ2n) is 8.33. The number of fused-ring (bicyclic) bond motifs is 5. The SMILES string of the molecule is O=C(NCc1ncc[nH]1)c1ccc(-c2nc3ccc4[nH]ncc4c3c3c2CCCC3)c(F)c1. The number of nitrogens with zero attached hydrogens (tertiary/aromatic N) is 3. The number of rotatable bonds is 4. The fourth-order valence-electron chi connectivity index (χ4n) is 4.78. The zero-order valence-corrected chi connectivity index (χ0v) is 17.8. The number of hydrogen-bond acceptors (Lipinski definition) is 4. The Morgan fingerprint density at radius 1 is 1.12 bits per heavy atom. The molecule has 0 bridgehead atoms. The maximum absolute atomic E-state index is 15.3. The predicted molar refractivity (Wildman–Crippen MR) is 123 cm³/mol. The fourth-order valence-corrected chi connectivity index (χ4v) is 4.78. The summed E-state index contributed by atoms with van der Waals surface area (Å²) < 4.78 is 15.3. The molecule has 2 aromatic carbocycles. The van der Waals surface area contributed by atoms with E-state index in [1.54, 1.807) is 24.5 Å². The van der Waals surface area contributed by atoms with Crippen molar-refractivity contribution in [2.45, 2.75) is 32.2 Å². The third-order valence-corrected chi connectivity index (χ3v) is 6.35. The average Bonchev–Trinajstić information content (AvgIpc) is 3.54. The Labute approximate surface area is 188 Å². The summed E-state index contributed by atoms with van der Waals surface area (Å²) in [7, 11) is 0. The molecule has 6 rings (SSSR count). The second kappa shape index (κ2) is 7.81. The average molecular weight is 440 g/mol. The fraction of sp³-hybridized carbons (Fsp3) is 0.200. The minimum atomic E-state index is -0.454. The standard InChI is InChI=1S/C25H21FN6O/c26-19-11-14(25(33)29-13-22-27-9-10-28-22)5-6-17(19)24-16-4-2-1-3-15(16)23-18-12-30-32-20(18)7-8-21(23)31-24/h5-12H,1-4,13H2,(H,27,28)(H,29,33)(H,30,32). The Balaban J connectivity index is 1.41. The first-order valence-corrected chi connectivity index (χ1v) is 11.0. The quantitative estimate of drug-likeness (QED) is 0.384. The highest BCUT2D eigenvalue weighted by Gasteiger charge is 2.23. The Kier molecular flexibility index (Phi) is 4.64. The molecule has 0 fully saturated rings. The molecular weight excluding hydrogens is 419 g/mol. The van der Waals surface area contributed by atoms with E-state index in [0.717, 1.165) is 53.1 Å². The summed E-state index contributed by atoms with van der Waals surface area (Å²) >= 11 is 0. The van der Waals surface area contributed by atoms with Gasteiger partial charge in [-0.3, -0.25) is 9.89 Å². The van der Waals surface area contributed by atoms with Gasteiger partial charge in [0, 0.05) is 34.3 Å². The first-order valence-electron chi connectivity index (χ1n) is 11.0. The van der Waals surface area contributed by atoms with Crippen LogP contribution in [-0.2, 0) is 19.4 Å². The van der Waals surface area contributed by atoms with Gasteiger partial charge in [-0.1, -0.05) is 0 Å². The van der Waals surface area contributed by atoms with Gasteiger partial charge in [0.15, 0.2) is 0 Å². The second-order valence-corrected chi connectivity index (χ2v) is 8.33. The molecule has 0 unspecified atom stereocenters. The summed E-state index contributed by atoms with van der Waals surface area (Å²) in [5.41, 5.74) is 5.48. The monoisotopic (exact) mass is 440 g/mol. The summed E-state index contributed by atoms with van der Waals surface area (Å²) in [6.07, 6.45) is 9.06. The number of pyridine rings is 1. The summed E-state index contributed by atoms with van der Waals surface area (Å²) in [4.78, 5) is 24.4. The molecule has 0 aliphatic heterocycles. The number of H-pyrrole nitrogens is 2. The Hall–Kier alpha value is -4.07. The van der Waals surface area contributed by atoms with E-state index in [9.17, 15) is 4.79 Å². The smallest absolute Gasteiger partial charge is 0.251 e. The molecule has 1 amide bonds. The highest BCUT2D eigenvalue weighted by atomic mass is 19.1. The molecule has 1 aliphatic carbocycles. The molecule has 0 radical (unpaired) electrons. The highest BCUT2D eigenvalue weighted by Crippen LogP contribution is 2.38. The molecule has 164 valence electrons. The molecule has 8 heteroatoms. The van der Waals surface area contributed by atoms with Gasteiger partial charge in [0.05, 0.1) is 29.5 Å². The molecule has 0 spiro atoms. The van der Waals surface area contributed by atoms with Gasteiger partial charge in [-0.25, -0.2) is 14.4 Å². The number of hydrogen-bond donors (Lipinski definition) is 3. The number of nitrogens with one attached hydrogen (secondary N) is 3. The Morgan fingerprint density at radius 3 is 2.82 bits per heavy atom. The molecule has 5 aromatic rings. The van der Waals surface area contributed by atoms with Crippen LogP contribution < -0.4 is 5.32 Å². The third kappa shape index (κ3) is 3.34. The maximum Gasteiger partial charge on any atom is 0.251 e. The van der Waals surface area contributed by atoms with E-state index in [0.29, 0.717) is 17.1 Å². The van der Waals surface area contributed by atoms with Crippen molar-refractivity contribution in [2.75, 3.05) is 0 Å². The van der Waals surface area contributed by atoms with Crippen LogP contribution in [0.3, 0.4) is 0 Å². The maximum atomic E-state index is 15.3. The lowest BCUT2D eigenvalue weighted by atomic mass is 9.85. The summed E-state index contributed by atoms with van der Waals surface area (Å²) in [6.45, 7) is 0.247.